The Bertz CT molecular complexity index is 918. The second-order valence-corrected chi connectivity index (χ2v) is 7.18. The molecule has 4 rings (SSSR count). The Morgan fingerprint density at radius 3 is 2.78 bits per heavy atom. The normalized spacial score (nSPS) is 14.9. The van der Waals surface area contributed by atoms with E-state index in [1.54, 1.807) is 0 Å². The van der Waals surface area contributed by atoms with Crippen LogP contribution in [0, 0.1) is 0 Å². The highest BCUT2D eigenvalue weighted by Gasteiger charge is 2.27. The summed E-state index contributed by atoms with van der Waals surface area (Å²) in [7, 11) is 0. The van der Waals surface area contributed by atoms with Gasteiger partial charge >= 0.3 is 6.03 Å². The van der Waals surface area contributed by atoms with E-state index in [2.05, 4.69) is 35.1 Å². The first-order chi connectivity index (χ1) is 13.2. The Morgan fingerprint density at radius 2 is 1.96 bits per heavy atom. The molecule has 1 aliphatic heterocycles. The van der Waals surface area contributed by atoms with Crippen molar-refractivity contribution in [3.63, 3.8) is 0 Å². The molecule has 0 saturated carbocycles. The molecule has 5 nitrogen and oxygen atoms in total. The lowest BCUT2D eigenvalue weighted by atomic mass is 10.2. The first kappa shape index (κ1) is 17.6. The predicted molar refractivity (Wildman–Crippen MR) is 109 cm³/mol. The predicted octanol–water partition coefficient (Wildman–Crippen LogP) is 4.74. The van der Waals surface area contributed by atoms with E-state index in [1.165, 1.54) is 0 Å². The molecule has 2 amide bonds. The highest BCUT2D eigenvalue weighted by molar-refractivity contribution is 5.94. The Hall–Kier alpha value is -2.82. The zero-order valence-corrected chi connectivity index (χ0v) is 15.8. The van der Waals surface area contributed by atoms with E-state index in [4.69, 9.17) is 0 Å². The molecular weight excluding hydrogens is 336 g/mol. The standard InChI is InChI=1S/C22H26N4O/c1-2-3-10-21-23-19-12-11-18(15-20(19)24-21)26-14-7-13-25(22(26)27)16-17-8-5-4-6-9-17/h4-6,8-9,11-12,15H,2-3,7,10,13-14,16H2,1H3,(H,23,24). The van der Waals surface area contributed by atoms with Gasteiger partial charge in [-0.15, -0.1) is 0 Å². The number of carbonyl (C=O) groups is 1. The van der Waals surface area contributed by atoms with Gasteiger partial charge in [0.1, 0.15) is 5.82 Å². The van der Waals surface area contributed by atoms with Crippen molar-refractivity contribution in [1.82, 2.24) is 14.9 Å². The van der Waals surface area contributed by atoms with E-state index in [0.29, 0.717) is 6.54 Å². The molecule has 0 spiro atoms. The molecule has 1 aliphatic rings. The maximum absolute atomic E-state index is 13.0. The van der Waals surface area contributed by atoms with Gasteiger partial charge in [0.25, 0.3) is 0 Å². The highest BCUT2D eigenvalue weighted by Crippen LogP contribution is 2.25. The molecule has 0 aliphatic carbocycles. The lowest BCUT2D eigenvalue weighted by molar-refractivity contribution is 0.192. The Morgan fingerprint density at radius 1 is 1.11 bits per heavy atom. The Kier molecular flexibility index (Phi) is 5.10. The van der Waals surface area contributed by atoms with E-state index in [9.17, 15) is 4.79 Å². The number of imidazole rings is 1. The first-order valence-electron chi connectivity index (χ1n) is 9.83. The lowest BCUT2D eigenvalue weighted by Crippen LogP contribution is -2.49. The molecule has 5 heteroatoms. The number of rotatable bonds is 6. The van der Waals surface area contributed by atoms with E-state index < -0.39 is 0 Å². The summed E-state index contributed by atoms with van der Waals surface area (Å²) in [4.78, 5) is 24.9. The molecule has 0 atom stereocenters. The number of aromatic nitrogens is 2. The van der Waals surface area contributed by atoms with Crippen LogP contribution in [0.3, 0.4) is 0 Å². The van der Waals surface area contributed by atoms with Crippen LogP contribution in [0.1, 0.15) is 37.6 Å². The SMILES string of the molecule is CCCCc1nc2ccc(N3CCCN(Cc4ccccc4)C3=O)cc2[nH]1. The Balaban J connectivity index is 1.53. The number of hydrogen-bond acceptors (Lipinski definition) is 2. The third kappa shape index (κ3) is 3.82. The summed E-state index contributed by atoms with van der Waals surface area (Å²) >= 11 is 0. The second kappa shape index (κ2) is 7.82. The average molecular weight is 362 g/mol. The van der Waals surface area contributed by atoms with Gasteiger partial charge in [0.05, 0.1) is 11.0 Å². The molecule has 2 heterocycles. The number of hydrogen-bond donors (Lipinski definition) is 1. The van der Waals surface area contributed by atoms with Crippen LogP contribution in [-0.4, -0.2) is 34.0 Å². The van der Waals surface area contributed by atoms with Crippen molar-refractivity contribution < 1.29 is 4.79 Å². The number of H-pyrrole nitrogens is 1. The van der Waals surface area contributed by atoms with Crippen molar-refractivity contribution in [2.45, 2.75) is 39.2 Å². The summed E-state index contributed by atoms with van der Waals surface area (Å²) < 4.78 is 0. The molecule has 1 fully saturated rings. The quantitative estimate of drug-likeness (QED) is 0.689. The fourth-order valence-corrected chi connectivity index (χ4v) is 3.65. The Labute approximate surface area is 160 Å². The van der Waals surface area contributed by atoms with Gasteiger partial charge in [0.15, 0.2) is 0 Å². The largest absolute Gasteiger partial charge is 0.342 e. The maximum Gasteiger partial charge on any atom is 0.324 e. The topological polar surface area (TPSA) is 52.2 Å². The van der Waals surface area contributed by atoms with Crippen molar-refractivity contribution >= 4 is 22.8 Å². The van der Waals surface area contributed by atoms with Crippen LogP contribution < -0.4 is 4.90 Å². The number of aryl methyl sites for hydroxylation is 1. The third-order valence-corrected chi connectivity index (χ3v) is 5.12. The molecule has 140 valence electrons. The number of anilines is 1. The van der Waals surface area contributed by atoms with Crippen LogP contribution in [-0.2, 0) is 13.0 Å². The highest BCUT2D eigenvalue weighted by atomic mass is 16.2. The number of unbranched alkanes of at least 4 members (excludes halogenated alkanes) is 1. The monoisotopic (exact) mass is 362 g/mol. The summed E-state index contributed by atoms with van der Waals surface area (Å²) in [6.45, 7) is 4.40. The summed E-state index contributed by atoms with van der Waals surface area (Å²) in [5, 5.41) is 0. The number of fused-ring (bicyclic) bond motifs is 1. The molecule has 2 aromatic carbocycles. The van der Waals surface area contributed by atoms with Gasteiger partial charge in [-0.05, 0) is 36.6 Å². The number of urea groups is 1. The molecule has 1 N–H and O–H groups in total. The van der Waals surface area contributed by atoms with Crippen molar-refractivity contribution in [1.29, 1.82) is 0 Å². The van der Waals surface area contributed by atoms with Crippen LogP contribution in [0.2, 0.25) is 0 Å². The van der Waals surface area contributed by atoms with Crippen LogP contribution >= 0.6 is 0 Å². The summed E-state index contributed by atoms with van der Waals surface area (Å²) in [5.74, 6) is 1.03. The minimum Gasteiger partial charge on any atom is -0.342 e. The van der Waals surface area contributed by atoms with Crippen molar-refractivity contribution in [3.05, 3.63) is 59.9 Å². The second-order valence-electron chi connectivity index (χ2n) is 7.18. The van der Waals surface area contributed by atoms with Gasteiger partial charge in [-0.3, -0.25) is 4.90 Å². The molecular formula is C22H26N4O. The number of amides is 2. The number of benzene rings is 2. The first-order valence-corrected chi connectivity index (χ1v) is 9.83. The van der Waals surface area contributed by atoms with Gasteiger partial charge in [-0.25, -0.2) is 9.78 Å². The number of aromatic amines is 1. The van der Waals surface area contributed by atoms with Crippen molar-refractivity contribution in [3.8, 4) is 0 Å². The van der Waals surface area contributed by atoms with Crippen LogP contribution in [0.15, 0.2) is 48.5 Å². The molecule has 1 aromatic heterocycles. The minimum absolute atomic E-state index is 0.0789. The summed E-state index contributed by atoms with van der Waals surface area (Å²) in [6.07, 6.45) is 4.23. The summed E-state index contributed by atoms with van der Waals surface area (Å²) in [5.41, 5.74) is 4.08. The minimum atomic E-state index is 0.0789. The fourth-order valence-electron chi connectivity index (χ4n) is 3.65. The van der Waals surface area contributed by atoms with Gasteiger partial charge in [-0.1, -0.05) is 43.7 Å². The smallest absolute Gasteiger partial charge is 0.324 e. The van der Waals surface area contributed by atoms with E-state index in [1.807, 2.05) is 40.1 Å². The molecule has 0 bridgehead atoms. The number of nitrogens with zero attached hydrogens (tertiary/aromatic N) is 3. The molecule has 1 saturated heterocycles. The zero-order valence-electron chi connectivity index (χ0n) is 15.8. The number of carbonyl (C=O) groups excluding carboxylic acids is 1. The fraction of sp³-hybridized carbons (Fsp3) is 0.364. The number of nitrogens with one attached hydrogen (secondary N) is 1. The van der Waals surface area contributed by atoms with E-state index in [0.717, 1.165) is 66.9 Å². The zero-order chi connectivity index (χ0) is 18.6. The molecule has 0 radical (unpaired) electrons. The van der Waals surface area contributed by atoms with E-state index >= 15 is 0 Å². The van der Waals surface area contributed by atoms with E-state index in [-0.39, 0.29) is 6.03 Å². The van der Waals surface area contributed by atoms with Gasteiger partial charge in [0.2, 0.25) is 0 Å². The van der Waals surface area contributed by atoms with Gasteiger partial charge in [-0.2, -0.15) is 0 Å². The maximum atomic E-state index is 13.0. The van der Waals surface area contributed by atoms with Gasteiger partial charge < -0.3 is 9.88 Å². The molecule has 0 unspecified atom stereocenters. The van der Waals surface area contributed by atoms with Crippen LogP contribution in [0.25, 0.3) is 11.0 Å². The van der Waals surface area contributed by atoms with Crippen LogP contribution in [0.5, 0.6) is 0 Å². The summed E-state index contributed by atoms with van der Waals surface area (Å²) in [6, 6.07) is 16.3. The lowest BCUT2D eigenvalue weighted by Gasteiger charge is -2.35. The average Bonchev–Trinajstić information content (AvgIpc) is 3.11. The van der Waals surface area contributed by atoms with Crippen molar-refractivity contribution in [2.75, 3.05) is 18.0 Å². The van der Waals surface area contributed by atoms with Crippen molar-refractivity contribution in [2.24, 2.45) is 0 Å². The molecule has 27 heavy (non-hydrogen) atoms. The molecule has 3 aromatic rings. The van der Waals surface area contributed by atoms with Gasteiger partial charge in [0, 0.05) is 31.7 Å². The third-order valence-electron chi connectivity index (χ3n) is 5.12. The van der Waals surface area contributed by atoms with Crippen LogP contribution in [0.4, 0.5) is 10.5 Å².